The quantitative estimate of drug-likeness (QED) is 0.693. The van der Waals surface area contributed by atoms with Gasteiger partial charge < -0.3 is 5.32 Å². The maximum absolute atomic E-state index is 12.9. The largest absolute Gasteiger partial charge is 0.324 e. The summed E-state index contributed by atoms with van der Waals surface area (Å²) in [6.07, 6.45) is 2.89. The van der Waals surface area contributed by atoms with Crippen LogP contribution in [0.15, 0.2) is 23.0 Å². The second-order valence-corrected chi connectivity index (χ2v) is 8.66. The third-order valence-electron chi connectivity index (χ3n) is 4.68. The van der Waals surface area contributed by atoms with Crippen LogP contribution < -0.4 is 10.9 Å². The smallest absolute Gasteiger partial charge is 0.279 e. The standard InChI is InChI=1S/C18H16Cl2N4O2S/c1-9-2-4-11-14(6-9)27-17-16(11)18(26)24(23-22-17)8-15(25)21-10-3-5-12(19)13(20)7-10/h3,5,7,9H,2,4,6,8H2,1H3,(H,21,25). The van der Waals surface area contributed by atoms with Crippen LogP contribution >= 0.6 is 34.5 Å². The summed E-state index contributed by atoms with van der Waals surface area (Å²) in [4.78, 5) is 27.1. The summed E-state index contributed by atoms with van der Waals surface area (Å²) in [5.74, 6) is 0.222. The Labute approximate surface area is 169 Å². The van der Waals surface area contributed by atoms with Crippen LogP contribution in [0.25, 0.3) is 10.2 Å². The van der Waals surface area contributed by atoms with E-state index in [4.69, 9.17) is 23.2 Å². The van der Waals surface area contributed by atoms with E-state index in [0.717, 1.165) is 29.5 Å². The topological polar surface area (TPSA) is 76.9 Å². The number of fused-ring (bicyclic) bond motifs is 3. The van der Waals surface area contributed by atoms with E-state index in [1.54, 1.807) is 18.2 Å². The highest BCUT2D eigenvalue weighted by atomic mass is 35.5. The van der Waals surface area contributed by atoms with E-state index >= 15 is 0 Å². The number of hydrogen-bond donors (Lipinski definition) is 1. The maximum atomic E-state index is 12.9. The van der Waals surface area contributed by atoms with Crippen molar-refractivity contribution in [2.75, 3.05) is 5.32 Å². The minimum absolute atomic E-state index is 0.219. The molecule has 0 bridgehead atoms. The van der Waals surface area contributed by atoms with Crippen molar-refractivity contribution in [3.63, 3.8) is 0 Å². The van der Waals surface area contributed by atoms with E-state index in [1.807, 2.05) is 0 Å². The monoisotopic (exact) mass is 422 g/mol. The highest BCUT2D eigenvalue weighted by molar-refractivity contribution is 7.18. The average Bonchev–Trinajstić information content (AvgIpc) is 2.98. The van der Waals surface area contributed by atoms with Crippen LogP contribution in [0.3, 0.4) is 0 Å². The molecule has 4 rings (SSSR count). The fourth-order valence-electron chi connectivity index (χ4n) is 3.31. The molecule has 0 aliphatic heterocycles. The molecular weight excluding hydrogens is 407 g/mol. The van der Waals surface area contributed by atoms with Crippen molar-refractivity contribution < 1.29 is 4.79 Å². The van der Waals surface area contributed by atoms with Gasteiger partial charge in [-0.25, -0.2) is 4.68 Å². The number of nitrogens with one attached hydrogen (secondary N) is 1. The van der Waals surface area contributed by atoms with Crippen LogP contribution in [0.4, 0.5) is 5.69 Å². The molecule has 0 spiro atoms. The molecule has 1 amide bonds. The highest BCUT2D eigenvalue weighted by Gasteiger charge is 2.24. The molecule has 0 fully saturated rings. The van der Waals surface area contributed by atoms with Gasteiger partial charge in [0.15, 0.2) is 4.83 Å². The molecular formula is C18H16Cl2N4O2S. The number of nitrogens with zero attached hydrogens (tertiary/aromatic N) is 3. The SMILES string of the molecule is CC1CCc2c(sc3nnn(CC(=O)Nc4ccc(Cl)c(Cl)c4)c(=O)c23)C1. The van der Waals surface area contributed by atoms with E-state index in [9.17, 15) is 9.59 Å². The summed E-state index contributed by atoms with van der Waals surface area (Å²) in [5, 5.41) is 12.2. The molecule has 1 atom stereocenters. The minimum Gasteiger partial charge on any atom is -0.324 e. The van der Waals surface area contributed by atoms with E-state index in [2.05, 4.69) is 22.6 Å². The Balaban J connectivity index is 1.60. The van der Waals surface area contributed by atoms with Gasteiger partial charge in [-0.2, -0.15) is 0 Å². The molecule has 6 nitrogen and oxygen atoms in total. The molecule has 2 heterocycles. The molecule has 9 heteroatoms. The molecule has 1 unspecified atom stereocenters. The molecule has 0 saturated carbocycles. The summed E-state index contributed by atoms with van der Waals surface area (Å²) in [6.45, 7) is 1.99. The van der Waals surface area contributed by atoms with Gasteiger partial charge in [-0.05, 0) is 48.9 Å². The maximum Gasteiger partial charge on any atom is 0.279 e. The van der Waals surface area contributed by atoms with Crippen molar-refractivity contribution in [3.05, 3.63) is 49.0 Å². The molecule has 0 saturated heterocycles. The number of rotatable bonds is 3. The van der Waals surface area contributed by atoms with Crippen molar-refractivity contribution in [1.82, 2.24) is 15.0 Å². The Hall–Kier alpha value is -1.96. The predicted octanol–water partition coefficient (Wildman–Crippen LogP) is 3.92. The van der Waals surface area contributed by atoms with Crippen LogP contribution in [0.5, 0.6) is 0 Å². The van der Waals surface area contributed by atoms with E-state index in [-0.39, 0.29) is 18.0 Å². The number of aromatic nitrogens is 3. The molecule has 140 valence electrons. The van der Waals surface area contributed by atoms with Crippen molar-refractivity contribution >= 4 is 56.3 Å². The van der Waals surface area contributed by atoms with Gasteiger partial charge in [-0.3, -0.25) is 9.59 Å². The van der Waals surface area contributed by atoms with Crippen molar-refractivity contribution in [2.24, 2.45) is 5.92 Å². The number of halogens is 2. The van der Waals surface area contributed by atoms with E-state index < -0.39 is 0 Å². The van der Waals surface area contributed by atoms with Gasteiger partial charge in [0, 0.05) is 10.6 Å². The molecule has 1 N–H and O–H groups in total. The Morgan fingerprint density at radius 2 is 2.19 bits per heavy atom. The number of thiophene rings is 1. The number of carbonyl (C=O) groups is 1. The zero-order valence-electron chi connectivity index (χ0n) is 14.5. The summed E-state index contributed by atoms with van der Waals surface area (Å²) in [7, 11) is 0. The van der Waals surface area contributed by atoms with Crippen LogP contribution in [-0.2, 0) is 24.2 Å². The lowest BCUT2D eigenvalue weighted by Gasteiger charge is -2.17. The third-order valence-corrected chi connectivity index (χ3v) is 6.56. The minimum atomic E-state index is -0.387. The lowest BCUT2D eigenvalue weighted by atomic mass is 9.89. The van der Waals surface area contributed by atoms with Gasteiger partial charge in [0.25, 0.3) is 5.56 Å². The second-order valence-electron chi connectivity index (χ2n) is 6.76. The molecule has 3 aromatic rings. The van der Waals surface area contributed by atoms with Gasteiger partial charge in [0.1, 0.15) is 6.54 Å². The normalized spacial score (nSPS) is 16.3. The van der Waals surface area contributed by atoms with Crippen molar-refractivity contribution in [2.45, 2.75) is 32.7 Å². The number of benzene rings is 1. The summed E-state index contributed by atoms with van der Waals surface area (Å²) < 4.78 is 1.11. The first-order valence-corrected chi connectivity index (χ1v) is 10.1. The molecule has 1 aliphatic carbocycles. The third kappa shape index (κ3) is 3.59. The Morgan fingerprint density at radius 3 is 2.96 bits per heavy atom. The van der Waals surface area contributed by atoms with Crippen LogP contribution in [0.1, 0.15) is 23.8 Å². The van der Waals surface area contributed by atoms with Gasteiger partial charge >= 0.3 is 0 Å². The van der Waals surface area contributed by atoms with Gasteiger partial charge in [-0.1, -0.05) is 35.3 Å². The number of carbonyl (C=O) groups excluding carboxylic acids is 1. The first-order chi connectivity index (χ1) is 12.9. The summed E-state index contributed by atoms with van der Waals surface area (Å²) in [5.41, 5.74) is 1.31. The number of amides is 1. The second kappa shape index (κ2) is 7.22. The van der Waals surface area contributed by atoms with Gasteiger partial charge in [0.05, 0.1) is 15.4 Å². The molecule has 2 aromatic heterocycles. The Morgan fingerprint density at radius 1 is 1.37 bits per heavy atom. The lowest BCUT2D eigenvalue weighted by Crippen LogP contribution is -2.30. The van der Waals surface area contributed by atoms with Gasteiger partial charge in [-0.15, -0.1) is 16.4 Å². The number of aryl methyl sites for hydroxylation is 1. The number of anilines is 1. The summed E-state index contributed by atoms with van der Waals surface area (Å²) in [6, 6.07) is 4.78. The average molecular weight is 423 g/mol. The fraction of sp³-hybridized carbons (Fsp3) is 0.333. The Bertz CT molecular complexity index is 1110. The first kappa shape index (κ1) is 18.4. The zero-order valence-corrected chi connectivity index (χ0v) is 16.8. The highest BCUT2D eigenvalue weighted by Crippen LogP contribution is 2.35. The van der Waals surface area contributed by atoms with E-state index in [1.165, 1.54) is 16.2 Å². The van der Waals surface area contributed by atoms with Gasteiger partial charge in [0.2, 0.25) is 5.91 Å². The van der Waals surface area contributed by atoms with Crippen LogP contribution in [0.2, 0.25) is 10.0 Å². The molecule has 0 radical (unpaired) electrons. The molecule has 1 aliphatic rings. The molecule has 1 aromatic carbocycles. The lowest BCUT2D eigenvalue weighted by molar-refractivity contribution is -0.117. The van der Waals surface area contributed by atoms with Crippen LogP contribution in [0, 0.1) is 5.92 Å². The first-order valence-electron chi connectivity index (χ1n) is 8.55. The van der Waals surface area contributed by atoms with Crippen molar-refractivity contribution in [3.8, 4) is 0 Å². The fourth-order valence-corrected chi connectivity index (χ4v) is 4.92. The van der Waals surface area contributed by atoms with E-state index in [0.29, 0.717) is 31.9 Å². The zero-order chi connectivity index (χ0) is 19.1. The Kier molecular flexibility index (Phi) is 4.92. The van der Waals surface area contributed by atoms with Crippen molar-refractivity contribution in [1.29, 1.82) is 0 Å². The summed E-state index contributed by atoms with van der Waals surface area (Å²) >= 11 is 13.4. The molecule has 27 heavy (non-hydrogen) atoms. The number of hydrogen-bond acceptors (Lipinski definition) is 5. The van der Waals surface area contributed by atoms with Crippen LogP contribution in [-0.4, -0.2) is 20.9 Å². The predicted molar refractivity (Wildman–Crippen MR) is 108 cm³/mol.